The molecule has 0 bridgehead atoms. The molecule has 2 nitrogen and oxygen atoms in total. The Morgan fingerprint density at radius 3 is 3.21 bits per heavy atom. The van der Waals surface area contributed by atoms with Crippen molar-refractivity contribution in [2.75, 3.05) is 6.54 Å². The van der Waals surface area contributed by atoms with Gasteiger partial charge in [-0.15, -0.1) is 0 Å². The van der Waals surface area contributed by atoms with Gasteiger partial charge in [-0.25, -0.2) is 0 Å². The maximum Gasteiger partial charge on any atom is 0.108 e. The zero-order valence-corrected chi connectivity index (χ0v) is 9.05. The fraction of sp³-hybridized carbons (Fsp3) is 0.667. The van der Waals surface area contributed by atoms with Crippen molar-refractivity contribution in [2.24, 2.45) is 5.92 Å². The van der Waals surface area contributed by atoms with Crippen LogP contribution >= 0.6 is 0 Å². The van der Waals surface area contributed by atoms with E-state index in [-0.39, 0.29) is 0 Å². The van der Waals surface area contributed by atoms with Crippen LogP contribution in [0.2, 0.25) is 0 Å². The minimum atomic E-state index is 0.528. The first-order valence-corrected chi connectivity index (χ1v) is 5.57. The van der Waals surface area contributed by atoms with Gasteiger partial charge in [-0.2, -0.15) is 0 Å². The number of furan rings is 1. The quantitative estimate of drug-likeness (QED) is 0.798. The summed E-state index contributed by atoms with van der Waals surface area (Å²) in [4.78, 5) is 0. The molecule has 0 saturated heterocycles. The molecule has 0 unspecified atom stereocenters. The van der Waals surface area contributed by atoms with Crippen molar-refractivity contribution in [1.82, 2.24) is 5.32 Å². The van der Waals surface area contributed by atoms with Gasteiger partial charge in [0.05, 0.1) is 6.26 Å². The summed E-state index contributed by atoms with van der Waals surface area (Å²) >= 11 is 0. The van der Waals surface area contributed by atoms with Crippen LogP contribution in [-0.4, -0.2) is 6.54 Å². The molecule has 14 heavy (non-hydrogen) atoms. The van der Waals surface area contributed by atoms with Gasteiger partial charge in [-0.05, 0) is 31.4 Å². The van der Waals surface area contributed by atoms with E-state index in [1.165, 1.54) is 24.2 Å². The molecule has 0 saturated carbocycles. The summed E-state index contributed by atoms with van der Waals surface area (Å²) in [5.41, 5.74) is 1.39. The third-order valence-electron chi connectivity index (χ3n) is 2.82. The fourth-order valence-corrected chi connectivity index (χ4v) is 2.08. The van der Waals surface area contributed by atoms with Crippen molar-refractivity contribution in [1.29, 1.82) is 0 Å². The molecule has 0 fully saturated rings. The van der Waals surface area contributed by atoms with Gasteiger partial charge in [0.25, 0.3) is 0 Å². The lowest BCUT2D eigenvalue weighted by Crippen LogP contribution is -2.27. The minimum Gasteiger partial charge on any atom is -0.469 e. The molecule has 1 heterocycles. The number of rotatable bonds is 3. The summed E-state index contributed by atoms with van der Waals surface area (Å²) in [7, 11) is 0. The second-order valence-electron chi connectivity index (χ2n) is 4.55. The molecule has 78 valence electrons. The third kappa shape index (κ3) is 2.01. The van der Waals surface area contributed by atoms with Gasteiger partial charge in [0.2, 0.25) is 0 Å². The highest BCUT2D eigenvalue weighted by atomic mass is 16.3. The fourth-order valence-electron chi connectivity index (χ4n) is 2.08. The van der Waals surface area contributed by atoms with Gasteiger partial charge >= 0.3 is 0 Å². The predicted molar refractivity (Wildman–Crippen MR) is 57.2 cm³/mol. The smallest absolute Gasteiger partial charge is 0.108 e. The van der Waals surface area contributed by atoms with Crippen molar-refractivity contribution >= 4 is 0 Å². The lowest BCUT2D eigenvalue weighted by Gasteiger charge is -2.23. The number of fused-ring (bicyclic) bond motifs is 1. The van der Waals surface area contributed by atoms with Gasteiger partial charge < -0.3 is 9.73 Å². The minimum absolute atomic E-state index is 0.528. The van der Waals surface area contributed by atoms with Crippen LogP contribution < -0.4 is 5.32 Å². The zero-order valence-electron chi connectivity index (χ0n) is 9.05. The first kappa shape index (κ1) is 9.78. The van der Waals surface area contributed by atoms with E-state index in [0.717, 1.165) is 13.0 Å². The summed E-state index contributed by atoms with van der Waals surface area (Å²) in [6.45, 7) is 5.58. The first-order chi connectivity index (χ1) is 6.77. The first-order valence-electron chi connectivity index (χ1n) is 5.57. The molecular formula is C12H19NO. The molecule has 1 aliphatic carbocycles. The molecule has 1 atom stereocenters. The monoisotopic (exact) mass is 193 g/mol. The van der Waals surface area contributed by atoms with E-state index in [1.807, 2.05) is 6.26 Å². The average Bonchev–Trinajstić information content (AvgIpc) is 2.62. The van der Waals surface area contributed by atoms with Gasteiger partial charge in [-0.1, -0.05) is 13.8 Å². The van der Waals surface area contributed by atoms with Gasteiger partial charge in [-0.3, -0.25) is 0 Å². The van der Waals surface area contributed by atoms with Crippen LogP contribution in [0.1, 0.15) is 44.1 Å². The van der Waals surface area contributed by atoms with E-state index in [1.54, 1.807) is 0 Å². The summed E-state index contributed by atoms with van der Waals surface area (Å²) in [6, 6.07) is 2.65. The van der Waals surface area contributed by atoms with Gasteiger partial charge in [0.1, 0.15) is 5.76 Å². The van der Waals surface area contributed by atoms with Crippen molar-refractivity contribution in [3.05, 3.63) is 23.7 Å². The van der Waals surface area contributed by atoms with Crippen LogP contribution in [0.25, 0.3) is 0 Å². The van der Waals surface area contributed by atoms with Crippen LogP contribution in [-0.2, 0) is 6.42 Å². The Bertz CT molecular complexity index is 290. The van der Waals surface area contributed by atoms with Crippen LogP contribution in [0.4, 0.5) is 0 Å². The Morgan fingerprint density at radius 1 is 1.57 bits per heavy atom. The SMILES string of the molecule is CC(C)CN[C@H]1CCCc2occc21. The molecule has 1 aromatic rings. The van der Waals surface area contributed by atoms with Crippen molar-refractivity contribution in [3.8, 4) is 0 Å². The normalized spacial score (nSPS) is 21.2. The highest BCUT2D eigenvalue weighted by molar-refractivity contribution is 5.23. The molecule has 0 spiro atoms. The Kier molecular flexibility index (Phi) is 2.92. The highest BCUT2D eigenvalue weighted by Crippen LogP contribution is 2.30. The van der Waals surface area contributed by atoms with Crippen molar-refractivity contribution in [2.45, 2.75) is 39.2 Å². The molecule has 1 N–H and O–H groups in total. The second-order valence-corrected chi connectivity index (χ2v) is 4.55. The molecule has 1 aliphatic rings. The molecular weight excluding hydrogens is 174 g/mol. The zero-order chi connectivity index (χ0) is 9.97. The topological polar surface area (TPSA) is 25.2 Å². The Labute approximate surface area is 85.7 Å². The maximum atomic E-state index is 5.45. The van der Waals surface area contributed by atoms with Gasteiger partial charge in [0, 0.05) is 18.0 Å². The lowest BCUT2D eigenvalue weighted by molar-refractivity contribution is 0.395. The van der Waals surface area contributed by atoms with Crippen molar-refractivity contribution < 1.29 is 4.42 Å². The van der Waals surface area contributed by atoms with Crippen LogP contribution in [0.5, 0.6) is 0 Å². The second kappa shape index (κ2) is 4.18. The molecule has 2 rings (SSSR count). The number of hydrogen-bond acceptors (Lipinski definition) is 2. The predicted octanol–water partition coefficient (Wildman–Crippen LogP) is 2.90. The number of nitrogens with one attached hydrogen (secondary N) is 1. The van der Waals surface area contributed by atoms with Crippen molar-refractivity contribution in [3.63, 3.8) is 0 Å². The summed E-state index contributed by atoms with van der Waals surface area (Å²) in [5.74, 6) is 1.91. The Hall–Kier alpha value is -0.760. The number of hydrogen-bond donors (Lipinski definition) is 1. The lowest BCUT2D eigenvalue weighted by atomic mass is 9.93. The highest BCUT2D eigenvalue weighted by Gasteiger charge is 2.21. The Morgan fingerprint density at radius 2 is 2.43 bits per heavy atom. The third-order valence-corrected chi connectivity index (χ3v) is 2.82. The van der Waals surface area contributed by atoms with Crippen LogP contribution in [0.15, 0.2) is 16.7 Å². The van der Waals surface area contributed by atoms with E-state index in [4.69, 9.17) is 4.42 Å². The molecule has 0 aromatic carbocycles. The average molecular weight is 193 g/mol. The van der Waals surface area contributed by atoms with Crippen LogP contribution in [0.3, 0.4) is 0 Å². The maximum absolute atomic E-state index is 5.45. The van der Waals surface area contributed by atoms with Crippen LogP contribution in [0, 0.1) is 5.92 Å². The van der Waals surface area contributed by atoms with E-state index < -0.39 is 0 Å². The Balaban J connectivity index is 2.01. The molecule has 0 amide bonds. The molecule has 0 aliphatic heterocycles. The van der Waals surface area contributed by atoms with Gasteiger partial charge in [0.15, 0.2) is 0 Å². The largest absolute Gasteiger partial charge is 0.469 e. The van der Waals surface area contributed by atoms with E-state index in [9.17, 15) is 0 Å². The van der Waals surface area contributed by atoms with E-state index >= 15 is 0 Å². The summed E-state index contributed by atoms with van der Waals surface area (Å²) in [5, 5.41) is 3.60. The van der Waals surface area contributed by atoms with E-state index in [2.05, 4.69) is 25.2 Å². The summed E-state index contributed by atoms with van der Waals surface area (Å²) < 4.78 is 5.45. The molecule has 0 radical (unpaired) electrons. The van der Waals surface area contributed by atoms with E-state index in [0.29, 0.717) is 12.0 Å². The molecule has 2 heteroatoms. The standard InChI is InChI=1S/C12H19NO/c1-9(2)8-13-11-4-3-5-12-10(11)6-7-14-12/h6-7,9,11,13H,3-5,8H2,1-2H3/t11-/m0/s1. The summed E-state index contributed by atoms with van der Waals surface area (Å²) in [6.07, 6.45) is 5.43. The molecule has 1 aromatic heterocycles. The number of aryl methyl sites for hydroxylation is 1.